The van der Waals surface area contributed by atoms with Gasteiger partial charge in [0, 0.05) is 50.8 Å². The summed E-state index contributed by atoms with van der Waals surface area (Å²) in [5, 5.41) is 7.98. The van der Waals surface area contributed by atoms with Gasteiger partial charge in [0.25, 0.3) is 0 Å². The molecular weight excluding hydrogens is 485 g/mol. The van der Waals surface area contributed by atoms with Gasteiger partial charge in [-0.25, -0.2) is 0 Å². The third kappa shape index (κ3) is 7.69. The van der Waals surface area contributed by atoms with Crippen LogP contribution in [0.5, 0.6) is 0 Å². The number of hydrogen-bond acceptors (Lipinski definition) is 3. The Kier molecular flexibility index (Phi) is 10.3. The van der Waals surface area contributed by atoms with E-state index in [4.69, 9.17) is 11.6 Å². The Morgan fingerprint density at radius 3 is 2.50 bits per heavy atom. The van der Waals surface area contributed by atoms with Crippen LogP contribution in [0.1, 0.15) is 31.2 Å². The molecule has 0 spiro atoms. The number of hydrogen-bond donors (Lipinski definition) is 2. The van der Waals surface area contributed by atoms with Crippen molar-refractivity contribution in [3.8, 4) is 0 Å². The van der Waals surface area contributed by atoms with Crippen LogP contribution in [0.3, 0.4) is 0 Å². The van der Waals surface area contributed by atoms with E-state index in [0.29, 0.717) is 6.04 Å². The maximum absolute atomic E-state index is 5.98. The molecule has 2 aliphatic heterocycles. The van der Waals surface area contributed by atoms with E-state index in [1.807, 2.05) is 19.2 Å². The molecule has 3 rings (SSSR count). The molecule has 2 heterocycles. The second-order valence-electron chi connectivity index (χ2n) is 8.04. The molecule has 0 amide bonds. The standard InChI is InChI=1S/C21H34ClN5.HI/c1-23-21(24-14-18-4-3-11-26(2)15-18)25-20-9-12-27(13-10-20)16-17-5-7-19(22)8-6-17;/h5-8,18,20H,3-4,9-16H2,1-2H3,(H2,23,24,25);1H. The fourth-order valence-electron chi connectivity index (χ4n) is 4.15. The Labute approximate surface area is 192 Å². The molecule has 2 N–H and O–H groups in total. The van der Waals surface area contributed by atoms with Gasteiger partial charge >= 0.3 is 0 Å². The Morgan fingerprint density at radius 2 is 1.86 bits per heavy atom. The summed E-state index contributed by atoms with van der Waals surface area (Å²) in [5.74, 6) is 1.68. The van der Waals surface area contributed by atoms with Crippen LogP contribution in [0.15, 0.2) is 29.3 Å². The first-order valence-electron chi connectivity index (χ1n) is 10.2. The van der Waals surface area contributed by atoms with Crippen molar-refractivity contribution < 1.29 is 0 Å². The molecule has 2 saturated heterocycles. The number of guanidine groups is 1. The summed E-state index contributed by atoms with van der Waals surface area (Å²) < 4.78 is 0. The lowest BCUT2D eigenvalue weighted by Crippen LogP contribution is -2.50. The SMILES string of the molecule is CN=C(NCC1CCCN(C)C1)NC1CCN(Cc2ccc(Cl)cc2)CC1.I. The van der Waals surface area contributed by atoms with Crippen molar-refractivity contribution in [2.24, 2.45) is 10.9 Å². The molecule has 0 saturated carbocycles. The van der Waals surface area contributed by atoms with Crippen molar-refractivity contribution in [1.29, 1.82) is 0 Å². The quantitative estimate of drug-likeness (QED) is 0.355. The van der Waals surface area contributed by atoms with Crippen LogP contribution < -0.4 is 10.6 Å². The molecule has 7 heteroatoms. The summed E-state index contributed by atoms with van der Waals surface area (Å²) in [7, 11) is 4.09. The molecule has 1 unspecified atom stereocenters. The number of likely N-dealkylation sites (tertiary alicyclic amines) is 2. The lowest BCUT2D eigenvalue weighted by Gasteiger charge is -2.34. The number of rotatable bonds is 5. The van der Waals surface area contributed by atoms with Gasteiger partial charge in [-0.3, -0.25) is 9.89 Å². The lowest BCUT2D eigenvalue weighted by molar-refractivity contribution is 0.197. The summed E-state index contributed by atoms with van der Waals surface area (Å²) in [6.07, 6.45) is 4.93. The molecule has 158 valence electrons. The largest absolute Gasteiger partial charge is 0.356 e. The van der Waals surface area contributed by atoms with Crippen molar-refractivity contribution >= 4 is 41.5 Å². The van der Waals surface area contributed by atoms with Crippen molar-refractivity contribution in [3.05, 3.63) is 34.9 Å². The number of halogens is 2. The van der Waals surface area contributed by atoms with Gasteiger partial charge in [0.05, 0.1) is 0 Å². The Hall–Kier alpha value is -0.570. The predicted octanol–water partition coefficient (Wildman–Crippen LogP) is 3.43. The first kappa shape index (κ1) is 23.7. The van der Waals surface area contributed by atoms with Crippen LogP contribution in [0, 0.1) is 5.92 Å². The average Bonchev–Trinajstić information content (AvgIpc) is 2.68. The number of piperidine rings is 2. The highest BCUT2D eigenvalue weighted by Gasteiger charge is 2.21. The first-order chi connectivity index (χ1) is 13.1. The monoisotopic (exact) mass is 519 g/mol. The highest BCUT2D eigenvalue weighted by Crippen LogP contribution is 2.16. The van der Waals surface area contributed by atoms with Gasteiger partial charge < -0.3 is 15.5 Å². The summed E-state index contributed by atoms with van der Waals surface area (Å²) in [6, 6.07) is 8.71. The predicted molar refractivity (Wildman–Crippen MR) is 130 cm³/mol. The molecule has 28 heavy (non-hydrogen) atoms. The second kappa shape index (κ2) is 12.2. The van der Waals surface area contributed by atoms with E-state index < -0.39 is 0 Å². The first-order valence-corrected chi connectivity index (χ1v) is 10.6. The molecule has 0 aromatic heterocycles. The van der Waals surface area contributed by atoms with E-state index in [2.05, 4.69) is 44.6 Å². The van der Waals surface area contributed by atoms with Crippen molar-refractivity contribution in [3.63, 3.8) is 0 Å². The molecule has 0 aliphatic carbocycles. The van der Waals surface area contributed by atoms with Gasteiger partial charge in [0.2, 0.25) is 0 Å². The summed E-state index contributed by atoms with van der Waals surface area (Å²) in [5.41, 5.74) is 1.33. The summed E-state index contributed by atoms with van der Waals surface area (Å²) in [4.78, 5) is 9.39. The number of nitrogens with zero attached hydrogens (tertiary/aromatic N) is 3. The number of aliphatic imine (C=N–C) groups is 1. The van der Waals surface area contributed by atoms with Gasteiger partial charge in [-0.05, 0) is 62.9 Å². The van der Waals surface area contributed by atoms with Crippen LogP contribution in [0.2, 0.25) is 5.02 Å². The van der Waals surface area contributed by atoms with Crippen molar-refractivity contribution in [2.75, 3.05) is 46.8 Å². The van der Waals surface area contributed by atoms with Crippen molar-refractivity contribution in [2.45, 2.75) is 38.3 Å². The zero-order valence-electron chi connectivity index (χ0n) is 17.2. The average molecular weight is 520 g/mol. The Morgan fingerprint density at radius 1 is 1.14 bits per heavy atom. The molecular formula is C21H35ClIN5. The zero-order chi connectivity index (χ0) is 19.1. The van der Waals surface area contributed by atoms with E-state index in [9.17, 15) is 0 Å². The van der Waals surface area contributed by atoms with Crippen LogP contribution in [0.25, 0.3) is 0 Å². The molecule has 0 bridgehead atoms. The summed E-state index contributed by atoms with van der Waals surface area (Å²) in [6.45, 7) is 6.67. The smallest absolute Gasteiger partial charge is 0.191 e. The Bertz CT molecular complexity index is 601. The van der Waals surface area contributed by atoms with Crippen LogP contribution >= 0.6 is 35.6 Å². The van der Waals surface area contributed by atoms with E-state index in [1.54, 1.807) is 0 Å². The molecule has 2 aliphatic rings. The zero-order valence-corrected chi connectivity index (χ0v) is 20.2. The summed E-state index contributed by atoms with van der Waals surface area (Å²) >= 11 is 5.98. The molecule has 5 nitrogen and oxygen atoms in total. The van der Waals surface area contributed by atoms with E-state index >= 15 is 0 Å². The fourth-order valence-corrected chi connectivity index (χ4v) is 4.28. The third-order valence-corrected chi connectivity index (χ3v) is 6.00. The maximum atomic E-state index is 5.98. The van der Waals surface area contributed by atoms with Gasteiger partial charge in [0.1, 0.15) is 0 Å². The van der Waals surface area contributed by atoms with Gasteiger partial charge in [-0.1, -0.05) is 23.7 Å². The molecule has 1 aromatic carbocycles. The van der Waals surface area contributed by atoms with Crippen LogP contribution in [0.4, 0.5) is 0 Å². The van der Waals surface area contributed by atoms with Crippen LogP contribution in [-0.4, -0.2) is 68.6 Å². The minimum atomic E-state index is 0. The maximum Gasteiger partial charge on any atom is 0.191 e. The highest BCUT2D eigenvalue weighted by molar-refractivity contribution is 14.0. The van der Waals surface area contributed by atoms with Gasteiger partial charge in [-0.2, -0.15) is 0 Å². The van der Waals surface area contributed by atoms with E-state index in [-0.39, 0.29) is 24.0 Å². The number of benzene rings is 1. The van der Waals surface area contributed by atoms with Gasteiger partial charge in [0.15, 0.2) is 5.96 Å². The minimum absolute atomic E-state index is 0. The van der Waals surface area contributed by atoms with Crippen LogP contribution in [-0.2, 0) is 6.54 Å². The van der Waals surface area contributed by atoms with Crippen molar-refractivity contribution in [1.82, 2.24) is 20.4 Å². The topological polar surface area (TPSA) is 42.9 Å². The fraction of sp³-hybridized carbons (Fsp3) is 0.667. The molecule has 0 radical (unpaired) electrons. The number of nitrogens with one attached hydrogen (secondary N) is 2. The van der Waals surface area contributed by atoms with E-state index in [0.717, 1.165) is 55.9 Å². The highest BCUT2D eigenvalue weighted by atomic mass is 127. The lowest BCUT2D eigenvalue weighted by atomic mass is 9.98. The molecule has 1 aromatic rings. The Balaban J connectivity index is 0.00000280. The minimum Gasteiger partial charge on any atom is -0.356 e. The molecule has 2 fully saturated rings. The second-order valence-corrected chi connectivity index (χ2v) is 8.48. The van der Waals surface area contributed by atoms with E-state index in [1.165, 1.54) is 31.5 Å². The third-order valence-electron chi connectivity index (χ3n) is 5.75. The molecule has 1 atom stereocenters. The van der Waals surface area contributed by atoms with Gasteiger partial charge in [-0.15, -0.1) is 24.0 Å². The normalized spacial score (nSPS) is 22.5.